The number of aryl methyl sites for hydroxylation is 1. The van der Waals surface area contributed by atoms with E-state index in [1.54, 1.807) is 0 Å². The number of nitrogens with one attached hydrogen (secondary N) is 2. The van der Waals surface area contributed by atoms with Gasteiger partial charge in [0, 0.05) is 16.6 Å². The molecule has 0 spiro atoms. The highest BCUT2D eigenvalue weighted by atomic mass is 32.1. The van der Waals surface area contributed by atoms with Gasteiger partial charge in [-0.1, -0.05) is 13.8 Å². The number of carbonyl (C=O) groups excluding carboxylic acids is 1. The molecule has 0 aliphatic heterocycles. The van der Waals surface area contributed by atoms with Crippen LogP contribution >= 0.6 is 23.6 Å². The standard InChI is InChI=1S/C11H18N2OS2/c1-4-8(5-2)13-10(14)6-9-7(3)12-11(15)16-9/h8H,4-6H2,1-3H3,(H,12,15)(H,13,14). The molecular weight excluding hydrogens is 240 g/mol. The van der Waals surface area contributed by atoms with E-state index in [0.717, 1.165) is 27.4 Å². The van der Waals surface area contributed by atoms with Gasteiger partial charge in [-0.3, -0.25) is 4.79 Å². The number of carbonyl (C=O) groups is 1. The van der Waals surface area contributed by atoms with Gasteiger partial charge in [-0.15, -0.1) is 11.3 Å². The monoisotopic (exact) mass is 258 g/mol. The molecule has 0 saturated heterocycles. The molecule has 1 aromatic heterocycles. The van der Waals surface area contributed by atoms with E-state index < -0.39 is 0 Å². The average Bonchev–Trinajstić information content (AvgIpc) is 2.54. The molecule has 5 heteroatoms. The summed E-state index contributed by atoms with van der Waals surface area (Å²) >= 11 is 6.52. The maximum atomic E-state index is 11.7. The second kappa shape index (κ2) is 6.15. The van der Waals surface area contributed by atoms with Crippen LogP contribution in [0.3, 0.4) is 0 Å². The molecule has 3 nitrogen and oxygen atoms in total. The molecule has 0 aliphatic carbocycles. The van der Waals surface area contributed by atoms with E-state index >= 15 is 0 Å². The fourth-order valence-corrected chi connectivity index (χ4v) is 2.81. The molecule has 1 amide bonds. The Morgan fingerprint density at radius 1 is 1.50 bits per heavy atom. The second-order valence-electron chi connectivity index (χ2n) is 3.82. The maximum absolute atomic E-state index is 11.7. The normalized spacial score (nSPS) is 10.8. The predicted octanol–water partition coefficient (Wildman–Crippen LogP) is 2.96. The lowest BCUT2D eigenvalue weighted by Crippen LogP contribution is -2.34. The van der Waals surface area contributed by atoms with E-state index in [0.29, 0.717) is 12.5 Å². The quantitative estimate of drug-likeness (QED) is 0.798. The summed E-state index contributed by atoms with van der Waals surface area (Å²) in [7, 11) is 0. The van der Waals surface area contributed by atoms with E-state index in [9.17, 15) is 4.79 Å². The number of aromatic nitrogens is 1. The molecule has 0 saturated carbocycles. The highest BCUT2D eigenvalue weighted by Crippen LogP contribution is 2.15. The summed E-state index contributed by atoms with van der Waals surface area (Å²) in [6, 6.07) is 0.291. The molecule has 2 N–H and O–H groups in total. The number of amides is 1. The lowest BCUT2D eigenvalue weighted by atomic mass is 10.1. The summed E-state index contributed by atoms with van der Waals surface area (Å²) in [4.78, 5) is 15.8. The first-order chi connectivity index (χ1) is 7.56. The van der Waals surface area contributed by atoms with Crippen molar-refractivity contribution in [3.8, 4) is 0 Å². The molecule has 1 aromatic rings. The number of rotatable bonds is 5. The molecule has 0 aliphatic rings. The largest absolute Gasteiger partial charge is 0.353 e. The van der Waals surface area contributed by atoms with Crippen molar-refractivity contribution >= 4 is 29.5 Å². The van der Waals surface area contributed by atoms with Crippen LogP contribution in [-0.4, -0.2) is 16.9 Å². The number of H-pyrrole nitrogens is 1. The molecule has 0 aromatic carbocycles. The van der Waals surface area contributed by atoms with Crippen molar-refractivity contribution in [1.82, 2.24) is 10.3 Å². The Labute approximate surface area is 105 Å². The van der Waals surface area contributed by atoms with Gasteiger partial charge in [0.15, 0.2) is 3.95 Å². The van der Waals surface area contributed by atoms with Crippen LogP contribution in [0.25, 0.3) is 0 Å². The van der Waals surface area contributed by atoms with Gasteiger partial charge in [0.1, 0.15) is 0 Å². The van der Waals surface area contributed by atoms with Crippen LogP contribution in [-0.2, 0) is 11.2 Å². The van der Waals surface area contributed by atoms with Crippen molar-refractivity contribution in [3.05, 3.63) is 14.5 Å². The van der Waals surface area contributed by atoms with Crippen LogP contribution in [0.1, 0.15) is 37.3 Å². The minimum Gasteiger partial charge on any atom is -0.353 e. The van der Waals surface area contributed by atoms with E-state index in [-0.39, 0.29) is 5.91 Å². The summed E-state index contributed by atoms with van der Waals surface area (Å²) in [5, 5.41) is 3.02. The Morgan fingerprint density at radius 2 is 2.12 bits per heavy atom. The van der Waals surface area contributed by atoms with Gasteiger partial charge in [0.25, 0.3) is 0 Å². The molecular formula is C11H18N2OS2. The van der Waals surface area contributed by atoms with Crippen LogP contribution < -0.4 is 5.32 Å². The first kappa shape index (κ1) is 13.4. The molecule has 0 radical (unpaired) electrons. The highest BCUT2D eigenvalue weighted by molar-refractivity contribution is 7.73. The van der Waals surface area contributed by atoms with E-state index in [1.807, 2.05) is 6.92 Å². The second-order valence-corrected chi connectivity index (χ2v) is 5.59. The van der Waals surface area contributed by atoms with E-state index in [1.165, 1.54) is 11.3 Å². The molecule has 16 heavy (non-hydrogen) atoms. The zero-order chi connectivity index (χ0) is 12.1. The van der Waals surface area contributed by atoms with Crippen molar-refractivity contribution in [2.45, 2.75) is 46.1 Å². The van der Waals surface area contributed by atoms with E-state index in [2.05, 4.69) is 24.1 Å². The lowest BCUT2D eigenvalue weighted by Gasteiger charge is -2.14. The van der Waals surface area contributed by atoms with Crippen LogP contribution in [0.15, 0.2) is 0 Å². The van der Waals surface area contributed by atoms with Gasteiger partial charge in [0.2, 0.25) is 5.91 Å². The number of thiazole rings is 1. The Morgan fingerprint density at radius 3 is 2.56 bits per heavy atom. The van der Waals surface area contributed by atoms with Gasteiger partial charge in [-0.05, 0) is 32.0 Å². The topological polar surface area (TPSA) is 44.9 Å². The number of hydrogen-bond donors (Lipinski definition) is 2. The third kappa shape index (κ3) is 3.72. The van der Waals surface area contributed by atoms with Gasteiger partial charge >= 0.3 is 0 Å². The fraction of sp³-hybridized carbons (Fsp3) is 0.636. The SMILES string of the molecule is CCC(CC)NC(=O)Cc1sc(=S)[nH]c1C. The van der Waals surface area contributed by atoms with Crippen LogP contribution in [0, 0.1) is 10.9 Å². The van der Waals surface area contributed by atoms with Crippen LogP contribution in [0.2, 0.25) is 0 Å². The minimum absolute atomic E-state index is 0.0852. The summed E-state index contributed by atoms with van der Waals surface area (Å²) < 4.78 is 0.739. The highest BCUT2D eigenvalue weighted by Gasteiger charge is 2.11. The van der Waals surface area contributed by atoms with E-state index in [4.69, 9.17) is 12.2 Å². The number of hydrogen-bond acceptors (Lipinski definition) is 3. The predicted molar refractivity (Wildman–Crippen MR) is 70.5 cm³/mol. The molecule has 1 rings (SSSR count). The zero-order valence-electron chi connectivity index (χ0n) is 9.92. The minimum atomic E-state index is 0.0852. The molecule has 0 unspecified atom stereocenters. The van der Waals surface area contributed by atoms with Crippen LogP contribution in [0.5, 0.6) is 0 Å². The summed E-state index contributed by atoms with van der Waals surface area (Å²) in [6.07, 6.45) is 2.38. The Balaban J connectivity index is 2.58. The third-order valence-electron chi connectivity index (χ3n) is 2.60. The molecule has 1 heterocycles. The van der Waals surface area contributed by atoms with Crippen molar-refractivity contribution in [3.63, 3.8) is 0 Å². The first-order valence-corrected chi connectivity index (χ1v) is 6.77. The van der Waals surface area contributed by atoms with Crippen molar-refractivity contribution in [2.75, 3.05) is 0 Å². The Kier molecular flexibility index (Phi) is 5.15. The van der Waals surface area contributed by atoms with Crippen molar-refractivity contribution in [1.29, 1.82) is 0 Å². The fourth-order valence-electron chi connectivity index (χ4n) is 1.52. The Bertz CT molecular complexity index is 404. The van der Waals surface area contributed by atoms with Gasteiger partial charge in [0.05, 0.1) is 6.42 Å². The molecule has 0 bridgehead atoms. The number of aromatic amines is 1. The molecule has 0 fully saturated rings. The zero-order valence-corrected chi connectivity index (χ0v) is 11.6. The summed E-state index contributed by atoms with van der Waals surface area (Å²) in [6.45, 7) is 6.12. The van der Waals surface area contributed by atoms with Gasteiger partial charge in [-0.2, -0.15) is 0 Å². The Hall–Kier alpha value is -0.680. The van der Waals surface area contributed by atoms with Crippen LogP contribution in [0.4, 0.5) is 0 Å². The smallest absolute Gasteiger partial charge is 0.225 e. The first-order valence-electron chi connectivity index (χ1n) is 5.54. The maximum Gasteiger partial charge on any atom is 0.225 e. The summed E-state index contributed by atoms with van der Waals surface area (Å²) in [5.41, 5.74) is 1.01. The van der Waals surface area contributed by atoms with Gasteiger partial charge < -0.3 is 10.3 Å². The lowest BCUT2D eigenvalue weighted by molar-refractivity contribution is -0.121. The van der Waals surface area contributed by atoms with Crippen molar-refractivity contribution in [2.24, 2.45) is 0 Å². The summed E-state index contributed by atoms with van der Waals surface area (Å²) in [5.74, 6) is 0.0852. The average molecular weight is 258 g/mol. The molecule has 0 atom stereocenters. The van der Waals surface area contributed by atoms with Gasteiger partial charge in [-0.25, -0.2) is 0 Å². The third-order valence-corrected chi connectivity index (χ3v) is 3.93. The van der Waals surface area contributed by atoms with Crippen molar-refractivity contribution < 1.29 is 4.79 Å². The molecule has 90 valence electrons.